The van der Waals surface area contributed by atoms with Crippen molar-refractivity contribution in [1.82, 2.24) is 10.1 Å². The Morgan fingerprint density at radius 2 is 2.19 bits per heavy atom. The highest BCUT2D eigenvalue weighted by molar-refractivity contribution is 7.21. The van der Waals surface area contributed by atoms with Crippen LogP contribution in [0.25, 0.3) is 21.5 Å². The molecule has 9 heteroatoms. The number of nitrogens with zero attached hydrogens (tertiary/aromatic N) is 2. The molecular weight excluding hydrogens is 391 g/mol. The number of carbonyl (C=O) groups is 1. The molecule has 6 nitrogen and oxygen atoms in total. The minimum atomic E-state index is -0.579. The Balaban J connectivity index is 1.55. The molecule has 0 bridgehead atoms. The van der Waals surface area contributed by atoms with Crippen LogP contribution in [-0.2, 0) is 22.7 Å². The summed E-state index contributed by atoms with van der Waals surface area (Å²) in [5.41, 5.74) is 1.29. The lowest BCUT2D eigenvalue weighted by Crippen LogP contribution is -2.07. The lowest BCUT2D eigenvalue weighted by Gasteiger charge is -2.04. The molecule has 0 aliphatic heterocycles. The number of fused-ring (bicyclic) bond motifs is 1. The maximum atomic E-state index is 14.2. The van der Waals surface area contributed by atoms with Crippen molar-refractivity contribution in [1.29, 1.82) is 0 Å². The Morgan fingerprint density at radius 1 is 1.30 bits per heavy atom. The molecule has 4 rings (SSSR count). The Morgan fingerprint density at radius 3 is 2.96 bits per heavy atom. The molecule has 3 aromatic heterocycles. The monoisotopic (exact) mass is 404 g/mol. The molecule has 27 heavy (non-hydrogen) atoms. The summed E-state index contributed by atoms with van der Waals surface area (Å²) in [6.45, 7) is -0.0362. The van der Waals surface area contributed by atoms with E-state index in [1.54, 1.807) is 12.1 Å². The maximum Gasteiger partial charge on any atom is 0.349 e. The number of hydrogen-bond donors (Lipinski definition) is 0. The molecule has 0 N–H and O–H groups in total. The molecule has 0 unspecified atom stereocenters. The van der Waals surface area contributed by atoms with Gasteiger partial charge in [0.05, 0.1) is 12.2 Å². The van der Waals surface area contributed by atoms with E-state index in [1.165, 1.54) is 35.8 Å². The molecule has 3 heterocycles. The summed E-state index contributed by atoms with van der Waals surface area (Å²) in [6.07, 6.45) is 0. The summed E-state index contributed by atoms with van der Waals surface area (Å²) in [5.74, 6) is -0.352. The Labute approximate surface area is 161 Å². The van der Waals surface area contributed by atoms with E-state index in [2.05, 4.69) is 10.1 Å². The third-order valence-electron chi connectivity index (χ3n) is 3.81. The number of methoxy groups -OCH3 is 1. The van der Waals surface area contributed by atoms with E-state index in [0.717, 1.165) is 5.56 Å². The molecule has 0 saturated heterocycles. The normalized spacial score (nSPS) is 11.2. The number of halogens is 1. The molecule has 0 saturated carbocycles. The fourth-order valence-electron chi connectivity index (χ4n) is 2.63. The van der Waals surface area contributed by atoms with Crippen molar-refractivity contribution in [2.45, 2.75) is 13.2 Å². The van der Waals surface area contributed by atoms with Crippen LogP contribution < -0.4 is 0 Å². The number of thiophene rings is 2. The minimum absolute atomic E-state index is 0.107. The van der Waals surface area contributed by atoms with Crippen molar-refractivity contribution in [3.63, 3.8) is 0 Å². The zero-order valence-corrected chi connectivity index (χ0v) is 15.7. The van der Waals surface area contributed by atoms with Crippen LogP contribution >= 0.6 is 22.7 Å². The van der Waals surface area contributed by atoms with Gasteiger partial charge in [0.1, 0.15) is 10.7 Å². The van der Waals surface area contributed by atoms with Crippen LogP contribution in [0.3, 0.4) is 0 Å². The van der Waals surface area contributed by atoms with E-state index in [-0.39, 0.29) is 19.0 Å². The first-order valence-electron chi connectivity index (χ1n) is 7.88. The van der Waals surface area contributed by atoms with E-state index in [1.807, 2.05) is 16.8 Å². The van der Waals surface area contributed by atoms with Gasteiger partial charge in [0.2, 0.25) is 5.82 Å². The molecule has 0 spiro atoms. The third-order valence-corrected chi connectivity index (χ3v) is 5.67. The van der Waals surface area contributed by atoms with Gasteiger partial charge in [-0.15, -0.1) is 11.3 Å². The number of ether oxygens (including phenoxy) is 2. The van der Waals surface area contributed by atoms with Gasteiger partial charge in [-0.25, -0.2) is 9.18 Å². The molecule has 1 aromatic carbocycles. The number of benzene rings is 1. The van der Waals surface area contributed by atoms with Gasteiger partial charge in [0, 0.05) is 28.1 Å². The summed E-state index contributed by atoms with van der Waals surface area (Å²) in [5, 5.41) is 7.98. The first-order valence-corrected chi connectivity index (χ1v) is 9.64. The van der Waals surface area contributed by atoms with Crippen molar-refractivity contribution in [3.05, 3.63) is 57.1 Å². The number of esters is 1. The van der Waals surface area contributed by atoms with Crippen LogP contribution in [0.15, 0.2) is 39.5 Å². The Hall–Kier alpha value is -2.62. The highest BCUT2D eigenvalue weighted by Gasteiger charge is 2.22. The van der Waals surface area contributed by atoms with Gasteiger partial charge in [-0.3, -0.25) is 0 Å². The molecule has 0 radical (unpaired) electrons. The second-order valence-corrected chi connectivity index (χ2v) is 7.39. The van der Waals surface area contributed by atoms with Gasteiger partial charge < -0.3 is 14.0 Å². The summed E-state index contributed by atoms with van der Waals surface area (Å²) < 4.78 is 30.5. The second kappa shape index (κ2) is 7.55. The quantitative estimate of drug-likeness (QED) is 0.435. The Kier molecular flexibility index (Phi) is 4.97. The molecule has 0 amide bonds. The SMILES string of the molecule is COCc1c(C(=O)OCc2noc(-c3ccsc3)n2)sc2cccc(F)c12. The van der Waals surface area contributed by atoms with Gasteiger partial charge in [0.25, 0.3) is 5.89 Å². The van der Waals surface area contributed by atoms with Crippen molar-refractivity contribution in [2.75, 3.05) is 7.11 Å². The first kappa shape index (κ1) is 17.8. The van der Waals surface area contributed by atoms with Crippen molar-refractivity contribution < 1.29 is 23.2 Å². The van der Waals surface area contributed by atoms with Crippen LogP contribution in [0.1, 0.15) is 21.1 Å². The van der Waals surface area contributed by atoms with Crippen molar-refractivity contribution in [2.24, 2.45) is 0 Å². The van der Waals surface area contributed by atoms with Crippen molar-refractivity contribution >= 4 is 38.7 Å². The van der Waals surface area contributed by atoms with Gasteiger partial charge in [0.15, 0.2) is 6.61 Å². The summed E-state index contributed by atoms with van der Waals surface area (Å²) in [4.78, 5) is 17.1. The van der Waals surface area contributed by atoms with E-state index in [9.17, 15) is 9.18 Å². The predicted molar refractivity (Wildman–Crippen MR) is 99.2 cm³/mol. The minimum Gasteiger partial charge on any atom is -0.453 e. The number of carbonyl (C=O) groups excluding carboxylic acids is 1. The topological polar surface area (TPSA) is 74.5 Å². The van der Waals surface area contributed by atoms with Gasteiger partial charge in [-0.05, 0) is 23.6 Å². The fourth-order valence-corrected chi connectivity index (χ4v) is 4.37. The zero-order chi connectivity index (χ0) is 18.8. The van der Waals surface area contributed by atoms with Crippen LogP contribution in [-0.4, -0.2) is 23.2 Å². The average Bonchev–Trinajstić information content (AvgIpc) is 3.40. The Bertz CT molecular complexity index is 1090. The number of rotatable bonds is 6. The smallest absolute Gasteiger partial charge is 0.349 e. The lowest BCUT2D eigenvalue weighted by molar-refractivity contribution is 0.0461. The standard InChI is InChI=1S/C18H13FN2O4S2/c1-23-7-11-15-12(19)3-2-4-13(15)27-16(11)18(22)24-8-14-20-17(25-21-14)10-5-6-26-9-10/h2-6,9H,7-8H2,1H3. The molecule has 0 aliphatic carbocycles. The average molecular weight is 404 g/mol. The van der Waals surface area contributed by atoms with E-state index in [0.29, 0.717) is 26.4 Å². The maximum absolute atomic E-state index is 14.2. The van der Waals surface area contributed by atoms with Crippen molar-refractivity contribution in [3.8, 4) is 11.5 Å². The summed E-state index contributed by atoms with van der Waals surface area (Å²) in [6, 6.07) is 6.57. The second-order valence-electron chi connectivity index (χ2n) is 5.56. The fraction of sp³-hybridized carbons (Fsp3) is 0.167. The number of hydrogen-bond acceptors (Lipinski definition) is 8. The lowest BCUT2D eigenvalue weighted by atomic mass is 10.1. The molecule has 138 valence electrons. The summed E-state index contributed by atoms with van der Waals surface area (Å²) in [7, 11) is 1.49. The molecule has 0 aliphatic rings. The predicted octanol–water partition coefficient (Wildman–Crippen LogP) is 4.66. The van der Waals surface area contributed by atoms with E-state index < -0.39 is 11.8 Å². The van der Waals surface area contributed by atoms with Gasteiger partial charge in [-0.1, -0.05) is 11.2 Å². The first-order chi connectivity index (χ1) is 13.2. The van der Waals surface area contributed by atoms with E-state index in [4.69, 9.17) is 14.0 Å². The highest BCUT2D eigenvalue weighted by Crippen LogP contribution is 2.34. The molecular formula is C18H13FN2O4S2. The number of aromatic nitrogens is 2. The van der Waals surface area contributed by atoms with Gasteiger partial charge in [-0.2, -0.15) is 16.3 Å². The zero-order valence-electron chi connectivity index (χ0n) is 14.1. The molecule has 0 atom stereocenters. The van der Waals surface area contributed by atoms with Gasteiger partial charge >= 0.3 is 5.97 Å². The highest BCUT2D eigenvalue weighted by atomic mass is 32.1. The third kappa shape index (κ3) is 3.48. The largest absolute Gasteiger partial charge is 0.453 e. The van der Waals surface area contributed by atoms with Crippen LogP contribution in [0.2, 0.25) is 0 Å². The molecule has 0 fully saturated rings. The van der Waals surface area contributed by atoms with Crippen LogP contribution in [0.5, 0.6) is 0 Å². The van der Waals surface area contributed by atoms with E-state index >= 15 is 0 Å². The van der Waals surface area contributed by atoms with Crippen LogP contribution in [0.4, 0.5) is 4.39 Å². The molecule has 4 aromatic rings. The van der Waals surface area contributed by atoms with Crippen LogP contribution in [0, 0.1) is 5.82 Å². The summed E-state index contributed by atoms with van der Waals surface area (Å²) >= 11 is 2.68.